The minimum atomic E-state index is -0.945. The van der Waals surface area contributed by atoms with Gasteiger partial charge in [-0.3, -0.25) is 0 Å². The molecule has 1 aromatic heterocycles. The van der Waals surface area contributed by atoms with Crippen LogP contribution in [0.25, 0.3) is 11.1 Å². The van der Waals surface area contributed by atoms with E-state index in [1.807, 2.05) is 0 Å². The third kappa shape index (κ3) is 7.29. The van der Waals surface area contributed by atoms with Crippen molar-refractivity contribution in [3.8, 4) is 16.9 Å². The van der Waals surface area contributed by atoms with Crippen molar-refractivity contribution in [2.45, 2.75) is 46.1 Å². The molecule has 41 heavy (non-hydrogen) atoms. The Kier molecular flexibility index (Phi) is 9.10. The Morgan fingerprint density at radius 2 is 1.90 bits per heavy atom. The van der Waals surface area contributed by atoms with Crippen molar-refractivity contribution in [3.63, 3.8) is 0 Å². The fraction of sp³-hybridized carbons (Fsp3) is 0.345. The first-order chi connectivity index (χ1) is 19.4. The van der Waals surface area contributed by atoms with Gasteiger partial charge < -0.3 is 4.74 Å². The number of aromatic nitrogens is 1. The van der Waals surface area contributed by atoms with E-state index in [9.17, 15) is 14.4 Å². The van der Waals surface area contributed by atoms with Gasteiger partial charge in [-0.15, -0.1) is 0 Å². The van der Waals surface area contributed by atoms with Gasteiger partial charge in [0.2, 0.25) is 0 Å². The van der Waals surface area contributed by atoms with E-state index in [1.165, 1.54) is 32.5 Å². The summed E-state index contributed by atoms with van der Waals surface area (Å²) in [5.74, 6) is -0.967. The predicted molar refractivity (Wildman–Crippen MR) is 148 cm³/mol. The zero-order chi connectivity index (χ0) is 29.9. The molecule has 2 aliphatic rings. The van der Waals surface area contributed by atoms with Crippen molar-refractivity contribution in [1.29, 1.82) is 0 Å². The standard InChI is InChI=1S/C29H32FIN5O5/c1-15-19(30)11-22(25(40-6)24(15)17-9-10-20(33-14-17)28(39)41-29(2,3)4)34-21-12-23(35-26(37)16-7-8-16)36-31-13-18(21)27(38)32-5/h9-14,16,34H,7-8H2,1-6H3,(H,32,38)(H,35,36,37)/q-1. The van der Waals surface area contributed by atoms with Gasteiger partial charge in [-0.1, -0.05) is 0 Å². The number of hydrogen-bond acceptors (Lipinski definition) is 8. The van der Waals surface area contributed by atoms with E-state index in [0.29, 0.717) is 39.5 Å². The van der Waals surface area contributed by atoms with Crippen LogP contribution in [-0.2, 0) is 14.3 Å². The van der Waals surface area contributed by atoms with E-state index < -0.39 is 38.9 Å². The number of likely N-dealkylation sites (N-methyl/N-ethyl adjacent to an activating group) is 1. The summed E-state index contributed by atoms with van der Waals surface area (Å²) in [7, 11) is 2.97. The SMILES string of the molecule is CNC(=O)C1=C[I-]N=C(NC(=O)C2CC2)C=C1Nc1cc(F)c(C)c(-c2ccc(C(=O)OC(C)(C)C)nc2)c1OC. The number of carbonyl (C=O) groups excluding carboxylic acids is 3. The van der Waals surface area contributed by atoms with Gasteiger partial charge in [0, 0.05) is 0 Å². The first-order valence-electron chi connectivity index (χ1n) is 12.9. The molecule has 12 heteroatoms. The molecular weight excluding hydrogens is 644 g/mol. The van der Waals surface area contributed by atoms with Gasteiger partial charge in [0.1, 0.15) is 5.60 Å². The van der Waals surface area contributed by atoms with Crippen LogP contribution < -0.4 is 42.2 Å². The molecule has 0 radical (unpaired) electrons. The van der Waals surface area contributed by atoms with Crippen molar-refractivity contribution < 1.29 is 49.7 Å². The van der Waals surface area contributed by atoms with Crippen LogP contribution >= 0.6 is 0 Å². The summed E-state index contributed by atoms with van der Waals surface area (Å²) in [4.78, 5) is 41.9. The van der Waals surface area contributed by atoms with Crippen LogP contribution in [0.4, 0.5) is 10.1 Å². The number of pyridine rings is 1. The number of halogens is 2. The summed E-state index contributed by atoms with van der Waals surface area (Å²) in [6.45, 7) is 6.91. The molecule has 1 saturated carbocycles. The molecule has 1 aliphatic carbocycles. The molecule has 4 rings (SSSR count). The third-order valence-electron chi connectivity index (χ3n) is 6.15. The number of rotatable bonds is 7. The minimum absolute atomic E-state index is 0.0282. The summed E-state index contributed by atoms with van der Waals surface area (Å²) in [6.07, 6.45) is 4.70. The first kappa shape index (κ1) is 30.2. The summed E-state index contributed by atoms with van der Waals surface area (Å²) in [5, 5.41) is 8.60. The second-order valence-electron chi connectivity index (χ2n) is 10.5. The van der Waals surface area contributed by atoms with E-state index >= 15 is 4.39 Å². The maximum atomic E-state index is 15.4. The Morgan fingerprint density at radius 3 is 2.49 bits per heavy atom. The fourth-order valence-electron chi connectivity index (χ4n) is 3.98. The molecule has 218 valence electrons. The van der Waals surface area contributed by atoms with Crippen molar-refractivity contribution in [2.24, 2.45) is 9.12 Å². The summed E-state index contributed by atoms with van der Waals surface area (Å²) in [5.41, 5.74) is 1.55. The maximum absolute atomic E-state index is 15.4. The van der Waals surface area contributed by atoms with Crippen LogP contribution in [0.1, 0.15) is 49.7 Å². The van der Waals surface area contributed by atoms with Crippen LogP contribution in [0.5, 0.6) is 5.75 Å². The van der Waals surface area contributed by atoms with Crippen LogP contribution in [-0.4, -0.2) is 48.4 Å². The zero-order valence-electron chi connectivity index (χ0n) is 23.6. The van der Waals surface area contributed by atoms with Gasteiger partial charge in [-0.25, -0.2) is 4.79 Å². The Labute approximate surface area is 248 Å². The summed E-state index contributed by atoms with van der Waals surface area (Å²) >= 11 is -0.945. The van der Waals surface area contributed by atoms with Gasteiger partial charge in [-0.05, 0) is 20.8 Å². The summed E-state index contributed by atoms with van der Waals surface area (Å²) < 4.78 is 32.7. The second-order valence-corrected chi connectivity index (χ2v) is 12.2. The molecule has 1 fully saturated rings. The van der Waals surface area contributed by atoms with E-state index in [0.717, 1.165) is 12.8 Å². The van der Waals surface area contributed by atoms with E-state index in [4.69, 9.17) is 9.47 Å². The van der Waals surface area contributed by atoms with E-state index in [2.05, 4.69) is 24.1 Å². The normalized spacial score (nSPS) is 15.2. The van der Waals surface area contributed by atoms with Gasteiger partial charge in [0.15, 0.2) is 0 Å². The van der Waals surface area contributed by atoms with E-state index in [1.54, 1.807) is 43.9 Å². The van der Waals surface area contributed by atoms with Crippen LogP contribution in [0, 0.1) is 18.7 Å². The molecule has 3 N–H and O–H groups in total. The molecule has 2 aromatic rings. The average molecular weight is 677 g/mol. The van der Waals surface area contributed by atoms with Crippen molar-refractivity contribution in [3.05, 3.63) is 62.9 Å². The number of amidine groups is 1. The molecule has 0 spiro atoms. The van der Waals surface area contributed by atoms with Gasteiger partial charge in [-0.2, -0.15) is 0 Å². The molecule has 2 heterocycles. The van der Waals surface area contributed by atoms with Crippen LogP contribution in [0.3, 0.4) is 0 Å². The van der Waals surface area contributed by atoms with E-state index in [-0.39, 0.29) is 29.1 Å². The Bertz CT molecular complexity index is 1470. The van der Waals surface area contributed by atoms with Gasteiger partial charge in [0.25, 0.3) is 0 Å². The number of carbonyl (C=O) groups is 3. The molecule has 0 saturated heterocycles. The van der Waals surface area contributed by atoms with Crippen molar-refractivity contribution in [2.75, 3.05) is 19.5 Å². The number of nitrogens with one attached hydrogen (secondary N) is 3. The molecular formula is C29H32FIN5O5-. The topological polar surface area (TPSA) is 131 Å². The van der Waals surface area contributed by atoms with Gasteiger partial charge >= 0.3 is 213 Å². The average Bonchev–Trinajstić information content (AvgIpc) is 3.78. The molecule has 1 aliphatic heterocycles. The number of ether oxygens (including phenoxy) is 2. The number of benzene rings is 1. The predicted octanol–water partition coefficient (Wildman–Crippen LogP) is 1.03. The number of anilines is 1. The third-order valence-corrected chi connectivity index (χ3v) is 7.85. The Hall–Kier alpha value is -3.81. The molecule has 1 aromatic carbocycles. The van der Waals surface area contributed by atoms with Gasteiger partial charge in [0.05, 0.1) is 0 Å². The molecule has 0 bridgehead atoms. The fourth-order valence-corrected chi connectivity index (χ4v) is 5.58. The van der Waals surface area contributed by atoms with Crippen molar-refractivity contribution >= 4 is 29.3 Å². The Morgan fingerprint density at radius 1 is 1.17 bits per heavy atom. The first-order valence-corrected chi connectivity index (χ1v) is 15.1. The molecule has 2 amide bonds. The quantitative estimate of drug-likeness (QED) is 0.295. The number of amides is 2. The number of nitrogens with zero attached hydrogens (tertiary/aromatic N) is 2. The van der Waals surface area contributed by atoms with Crippen LogP contribution in [0.2, 0.25) is 0 Å². The van der Waals surface area contributed by atoms with Crippen LogP contribution in [0.15, 0.2) is 49.0 Å². The van der Waals surface area contributed by atoms with Crippen molar-refractivity contribution in [1.82, 2.24) is 15.6 Å². The molecule has 0 atom stereocenters. The monoisotopic (exact) mass is 676 g/mol. The molecule has 10 nitrogen and oxygen atoms in total. The second kappa shape index (κ2) is 12.4. The Balaban J connectivity index is 1.73. The number of hydrogen-bond donors (Lipinski definition) is 3. The zero-order valence-corrected chi connectivity index (χ0v) is 25.8. The summed E-state index contributed by atoms with van der Waals surface area (Å²) in [6, 6.07) is 4.43. The number of methoxy groups -OCH3 is 1. The molecule has 0 unspecified atom stereocenters. The number of esters is 1.